The molecule has 2 amide bonds. The number of hydrogen-bond donors (Lipinski definition) is 3. The number of likely N-dealkylation sites (tertiary alicyclic amines) is 1. The second kappa shape index (κ2) is 8.34. The van der Waals surface area contributed by atoms with Crippen molar-refractivity contribution in [2.24, 2.45) is 0 Å². The molecule has 0 aromatic heterocycles. The lowest BCUT2D eigenvalue weighted by Gasteiger charge is -2.31. The smallest absolute Gasteiger partial charge is 0.233 e. The van der Waals surface area contributed by atoms with Crippen molar-refractivity contribution in [3.63, 3.8) is 0 Å². The molecule has 1 heterocycles. The first-order valence-corrected chi connectivity index (χ1v) is 7.77. The number of nitrogens with zero attached hydrogens (tertiary/aromatic N) is 1. The summed E-state index contributed by atoms with van der Waals surface area (Å²) < 4.78 is 0. The van der Waals surface area contributed by atoms with E-state index in [1.807, 2.05) is 0 Å². The molecule has 0 bridgehead atoms. The largest absolute Gasteiger partial charge is 0.358 e. The van der Waals surface area contributed by atoms with E-state index in [1.54, 1.807) is 7.05 Å². The molecule has 1 aliphatic rings. The topological polar surface area (TPSA) is 73.5 Å². The number of hydrogen-bond acceptors (Lipinski definition) is 4. The SMILES string of the molecule is CNC(=O)CN1CCC(NC(=O)CCNC(C)(C)C)CC1. The van der Waals surface area contributed by atoms with Crippen LogP contribution in [-0.2, 0) is 9.59 Å². The maximum absolute atomic E-state index is 11.9. The molecule has 0 aromatic rings. The van der Waals surface area contributed by atoms with Crippen molar-refractivity contribution in [2.75, 3.05) is 33.2 Å². The Bertz CT molecular complexity index is 344. The summed E-state index contributed by atoms with van der Waals surface area (Å²) in [4.78, 5) is 25.3. The summed E-state index contributed by atoms with van der Waals surface area (Å²) in [5, 5.41) is 9.03. The van der Waals surface area contributed by atoms with Crippen LogP contribution in [0.3, 0.4) is 0 Å². The quantitative estimate of drug-likeness (QED) is 0.650. The van der Waals surface area contributed by atoms with Gasteiger partial charge >= 0.3 is 0 Å². The lowest BCUT2D eigenvalue weighted by molar-refractivity contribution is -0.124. The van der Waals surface area contributed by atoms with Crippen molar-refractivity contribution >= 4 is 11.8 Å². The fourth-order valence-electron chi connectivity index (χ4n) is 2.37. The normalized spacial score (nSPS) is 17.5. The predicted octanol–water partition coefficient (Wildman–Crippen LogP) is 0.0912. The van der Waals surface area contributed by atoms with E-state index in [0.29, 0.717) is 19.5 Å². The lowest BCUT2D eigenvalue weighted by Crippen LogP contribution is -2.47. The second-order valence-corrected chi connectivity index (χ2v) is 6.72. The molecule has 0 spiro atoms. The van der Waals surface area contributed by atoms with Crippen molar-refractivity contribution in [3.8, 4) is 0 Å². The summed E-state index contributed by atoms with van der Waals surface area (Å²) in [7, 11) is 1.65. The number of piperidine rings is 1. The standard InChI is InChI=1S/C15H30N4O2/c1-15(2,3)17-8-5-13(20)18-12-6-9-19(10-7-12)11-14(21)16-4/h12,17H,5-11H2,1-4H3,(H,16,21)(H,18,20). The Kier molecular flexibility index (Phi) is 7.11. The maximum Gasteiger partial charge on any atom is 0.233 e. The van der Waals surface area contributed by atoms with Gasteiger partial charge in [0.15, 0.2) is 0 Å². The molecule has 0 atom stereocenters. The molecule has 21 heavy (non-hydrogen) atoms. The highest BCUT2D eigenvalue weighted by Crippen LogP contribution is 2.10. The molecule has 3 N–H and O–H groups in total. The van der Waals surface area contributed by atoms with Gasteiger partial charge in [-0.3, -0.25) is 14.5 Å². The van der Waals surface area contributed by atoms with E-state index in [4.69, 9.17) is 0 Å². The Morgan fingerprint density at radius 1 is 1.14 bits per heavy atom. The van der Waals surface area contributed by atoms with Gasteiger partial charge in [-0.05, 0) is 33.6 Å². The van der Waals surface area contributed by atoms with Crippen LogP contribution >= 0.6 is 0 Å². The molecule has 1 fully saturated rings. The van der Waals surface area contributed by atoms with E-state index in [9.17, 15) is 9.59 Å². The molecule has 122 valence electrons. The molecule has 0 saturated carbocycles. The van der Waals surface area contributed by atoms with Gasteiger partial charge in [-0.15, -0.1) is 0 Å². The molecule has 1 rings (SSSR count). The lowest BCUT2D eigenvalue weighted by atomic mass is 10.0. The Morgan fingerprint density at radius 2 is 1.76 bits per heavy atom. The summed E-state index contributed by atoms with van der Waals surface area (Å²) in [6.45, 7) is 9.14. The van der Waals surface area contributed by atoms with Gasteiger partial charge < -0.3 is 16.0 Å². The number of nitrogens with one attached hydrogen (secondary N) is 3. The van der Waals surface area contributed by atoms with Gasteiger partial charge in [0.05, 0.1) is 6.54 Å². The van der Waals surface area contributed by atoms with Crippen LogP contribution < -0.4 is 16.0 Å². The zero-order valence-corrected chi connectivity index (χ0v) is 13.8. The van der Waals surface area contributed by atoms with Crippen LogP contribution in [0, 0.1) is 0 Å². The molecule has 6 nitrogen and oxygen atoms in total. The molecule has 1 saturated heterocycles. The third kappa shape index (κ3) is 8.02. The zero-order chi connectivity index (χ0) is 15.9. The summed E-state index contributed by atoms with van der Waals surface area (Å²) in [6.07, 6.45) is 2.33. The van der Waals surface area contributed by atoms with Crippen molar-refractivity contribution in [2.45, 2.75) is 51.6 Å². The first kappa shape index (κ1) is 17.9. The first-order chi connectivity index (χ1) is 9.80. The second-order valence-electron chi connectivity index (χ2n) is 6.72. The third-order valence-electron chi connectivity index (χ3n) is 3.61. The van der Waals surface area contributed by atoms with Crippen LogP contribution in [0.2, 0.25) is 0 Å². The Labute approximate surface area is 128 Å². The summed E-state index contributed by atoms with van der Waals surface area (Å²) in [5.74, 6) is 0.155. The van der Waals surface area contributed by atoms with Gasteiger partial charge in [0.25, 0.3) is 0 Å². The van der Waals surface area contributed by atoms with Gasteiger partial charge in [-0.1, -0.05) is 0 Å². The minimum Gasteiger partial charge on any atom is -0.358 e. The van der Waals surface area contributed by atoms with Crippen molar-refractivity contribution in [1.29, 1.82) is 0 Å². The van der Waals surface area contributed by atoms with Crippen molar-refractivity contribution in [3.05, 3.63) is 0 Å². The molecular weight excluding hydrogens is 268 g/mol. The van der Waals surface area contributed by atoms with E-state index < -0.39 is 0 Å². The molecule has 0 aromatic carbocycles. The van der Waals surface area contributed by atoms with Gasteiger partial charge in [-0.25, -0.2) is 0 Å². The monoisotopic (exact) mass is 298 g/mol. The minimum atomic E-state index is 0.0470. The average molecular weight is 298 g/mol. The molecule has 0 radical (unpaired) electrons. The Morgan fingerprint density at radius 3 is 2.29 bits per heavy atom. The van der Waals surface area contributed by atoms with E-state index in [-0.39, 0.29) is 23.4 Å². The van der Waals surface area contributed by atoms with Crippen LogP contribution in [0.1, 0.15) is 40.0 Å². The highest BCUT2D eigenvalue weighted by atomic mass is 16.2. The van der Waals surface area contributed by atoms with Crippen molar-refractivity contribution in [1.82, 2.24) is 20.9 Å². The first-order valence-electron chi connectivity index (χ1n) is 7.77. The van der Waals surface area contributed by atoms with Gasteiger partial charge in [0, 0.05) is 44.7 Å². The van der Waals surface area contributed by atoms with E-state index in [1.165, 1.54) is 0 Å². The zero-order valence-electron chi connectivity index (χ0n) is 13.8. The third-order valence-corrected chi connectivity index (χ3v) is 3.61. The van der Waals surface area contributed by atoms with Crippen LogP contribution in [0.15, 0.2) is 0 Å². The van der Waals surface area contributed by atoms with E-state index in [2.05, 4.69) is 41.6 Å². The number of carbonyl (C=O) groups is 2. The number of rotatable bonds is 6. The molecular formula is C15H30N4O2. The Balaban J connectivity index is 2.17. The van der Waals surface area contributed by atoms with Gasteiger partial charge in [0.1, 0.15) is 0 Å². The highest BCUT2D eigenvalue weighted by molar-refractivity contribution is 5.77. The maximum atomic E-state index is 11.9. The molecule has 1 aliphatic heterocycles. The molecule has 6 heteroatoms. The fourth-order valence-corrected chi connectivity index (χ4v) is 2.37. The minimum absolute atomic E-state index is 0.0470. The highest BCUT2D eigenvalue weighted by Gasteiger charge is 2.21. The van der Waals surface area contributed by atoms with Gasteiger partial charge in [-0.2, -0.15) is 0 Å². The molecule has 0 unspecified atom stereocenters. The average Bonchev–Trinajstić information content (AvgIpc) is 2.39. The number of likely N-dealkylation sites (N-methyl/N-ethyl adjacent to an activating group) is 1. The van der Waals surface area contributed by atoms with Crippen LogP contribution in [0.25, 0.3) is 0 Å². The number of carbonyl (C=O) groups excluding carboxylic acids is 2. The van der Waals surface area contributed by atoms with Gasteiger partial charge in [0.2, 0.25) is 11.8 Å². The summed E-state index contributed by atoms with van der Waals surface area (Å²) in [6, 6.07) is 0.244. The molecule has 0 aliphatic carbocycles. The van der Waals surface area contributed by atoms with E-state index in [0.717, 1.165) is 25.9 Å². The predicted molar refractivity (Wildman–Crippen MR) is 84.0 cm³/mol. The van der Waals surface area contributed by atoms with Crippen molar-refractivity contribution < 1.29 is 9.59 Å². The van der Waals surface area contributed by atoms with Crippen LogP contribution in [0.5, 0.6) is 0 Å². The van der Waals surface area contributed by atoms with Crippen LogP contribution in [0.4, 0.5) is 0 Å². The fraction of sp³-hybridized carbons (Fsp3) is 0.867. The Hall–Kier alpha value is -1.14. The summed E-state index contributed by atoms with van der Waals surface area (Å²) >= 11 is 0. The number of amides is 2. The summed E-state index contributed by atoms with van der Waals surface area (Å²) in [5.41, 5.74) is 0.0471. The van der Waals surface area contributed by atoms with E-state index >= 15 is 0 Å². The van der Waals surface area contributed by atoms with Crippen LogP contribution in [-0.4, -0.2) is 61.5 Å².